The fourth-order valence-electron chi connectivity index (χ4n) is 3.88. The summed E-state index contributed by atoms with van der Waals surface area (Å²) in [5.41, 5.74) is 2.81. The first-order valence-electron chi connectivity index (χ1n) is 9.22. The molecule has 1 saturated heterocycles. The van der Waals surface area contributed by atoms with Crippen molar-refractivity contribution in [3.8, 4) is 0 Å². The molecule has 5 nitrogen and oxygen atoms in total. The molecule has 1 aliphatic heterocycles. The van der Waals surface area contributed by atoms with Gasteiger partial charge >= 0.3 is 5.97 Å². The van der Waals surface area contributed by atoms with Crippen LogP contribution < -0.4 is 0 Å². The summed E-state index contributed by atoms with van der Waals surface area (Å²) in [5, 5.41) is 12.2. The second-order valence-corrected chi connectivity index (χ2v) is 7.92. The number of hydrogen-bond donors (Lipinski definition) is 2. The Morgan fingerprint density at radius 2 is 1.86 bits per heavy atom. The smallest absolute Gasteiger partial charge is 0.325 e. The van der Waals surface area contributed by atoms with Gasteiger partial charge in [0.2, 0.25) is 0 Å². The Morgan fingerprint density at radius 1 is 1.11 bits per heavy atom. The molecular weight excluding hydrogens is 397 g/mol. The number of carboxylic acids is 1. The summed E-state index contributed by atoms with van der Waals surface area (Å²) in [4.78, 5) is 19.6. The topological polar surface area (TPSA) is 59.6 Å². The number of hydrogen-bond acceptors (Lipinski definition) is 3. The number of rotatable bonds is 5. The number of nitrogens with one attached hydrogen (secondary N) is 1. The number of para-hydroxylation sites is 1. The quantitative estimate of drug-likeness (QED) is 0.644. The first-order valence-corrected chi connectivity index (χ1v) is 9.97. The molecule has 2 heterocycles. The van der Waals surface area contributed by atoms with E-state index in [1.807, 2.05) is 47.5 Å². The highest BCUT2D eigenvalue weighted by atomic mass is 35.5. The van der Waals surface area contributed by atoms with Gasteiger partial charge in [-0.1, -0.05) is 47.5 Å². The molecule has 0 aliphatic carbocycles. The number of aromatic amines is 1. The van der Waals surface area contributed by atoms with Crippen molar-refractivity contribution in [1.82, 2.24) is 14.8 Å². The monoisotopic (exact) mass is 417 g/mol. The maximum absolute atomic E-state index is 12.1. The van der Waals surface area contributed by atoms with Gasteiger partial charge in [0.05, 0.1) is 0 Å². The first kappa shape index (κ1) is 19.3. The number of carbonyl (C=O) groups is 1. The molecule has 146 valence electrons. The number of aliphatic carboxylic acids is 1. The minimum atomic E-state index is -0.820. The highest BCUT2D eigenvalue weighted by Gasteiger charge is 2.32. The number of piperazine rings is 1. The second kappa shape index (κ2) is 8.13. The summed E-state index contributed by atoms with van der Waals surface area (Å²) in [7, 11) is 0. The minimum absolute atomic E-state index is 0.626. The molecule has 4 rings (SSSR count). The number of nitrogens with zero attached hydrogens (tertiary/aromatic N) is 2. The van der Waals surface area contributed by atoms with E-state index < -0.39 is 12.0 Å². The van der Waals surface area contributed by atoms with Gasteiger partial charge in [-0.15, -0.1) is 0 Å². The third-order valence-electron chi connectivity index (χ3n) is 5.33. The van der Waals surface area contributed by atoms with Crippen LogP contribution in [0.1, 0.15) is 17.2 Å². The van der Waals surface area contributed by atoms with E-state index in [1.165, 1.54) is 0 Å². The van der Waals surface area contributed by atoms with E-state index in [0.717, 1.165) is 41.7 Å². The van der Waals surface area contributed by atoms with Crippen molar-refractivity contribution in [3.05, 3.63) is 69.8 Å². The summed E-state index contributed by atoms with van der Waals surface area (Å²) in [5.74, 6) is -0.820. The lowest BCUT2D eigenvalue weighted by Gasteiger charge is -2.37. The van der Waals surface area contributed by atoms with Gasteiger partial charge in [0.1, 0.15) is 6.04 Å². The Kier molecular flexibility index (Phi) is 5.60. The van der Waals surface area contributed by atoms with Gasteiger partial charge in [0, 0.05) is 65.4 Å². The number of carboxylic acid groups (broad SMARTS) is 1. The summed E-state index contributed by atoms with van der Waals surface area (Å²) in [6.45, 7) is 3.66. The van der Waals surface area contributed by atoms with Crippen molar-refractivity contribution >= 4 is 40.1 Å². The SMILES string of the molecule is O=C(O)C(c1c[nH]c2ccccc12)N1CCN(Cc2ccc(Cl)cc2Cl)CC1. The molecule has 1 aliphatic rings. The van der Waals surface area contributed by atoms with Crippen LogP contribution in [0.3, 0.4) is 0 Å². The molecule has 1 aromatic heterocycles. The zero-order valence-corrected chi connectivity index (χ0v) is 16.7. The van der Waals surface area contributed by atoms with E-state index >= 15 is 0 Å². The molecule has 1 atom stereocenters. The van der Waals surface area contributed by atoms with Crippen molar-refractivity contribution in [1.29, 1.82) is 0 Å². The lowest BCUT2D eigenvalue weighted by Crippen LogP contribution is -2.48. The molecule has 0 spiro atoms. The lowest BCUT2D eigenvalue weighted by atomic mass is 10.0. The molecule has 2 N–H and O–H groups in total. The average Bonchev–Trinajstić information content (AvgIpc) is 3.09. The molecule has 0 bridgehead atoms. The van der Waals surface area contributed by atoms with Crippen LogP contribution in [0.25, 0.3) is 10.9 Å². The Hall–Kier alpha value is -2.05. The molecule has 3 aromatic rings. The number of fused-ring (bicyclic) bond motifs is 1. The summed E-state index contributed by atoms with van der Waals surface area (Å²) < 4.78 is 0. The van der Waals surface area contributed by atoms with Gasteiger partial charge in [-0.2, -0.15) is 0 Å². The molecule has 7 heteroatoms. The van der Waals surface area contributed by atoms with Gasteiger partial charge in [0.15, 0.2) is 0 Å². The molecule has 0 saturated carbocycles. The average molecular weight is 418 g/mol. The highest BCUT2D eigenvalue weighted by molar-refractivity contribution is 6.35. The number of H-pyrrole nitrogens is 1. The Bertz CT molecular complexity index is 996. The van der Waals surface area contributed by atoms with E-state index in [2.05, 4.69) is 9.88 Å². The standard InChI is InChI=1S/C21H21Cl2N3O2/c22-15-6-5-14(18(23)11-15)13-25-7-9-26(10-8-25)20(21(27)28)17-12-24-19-4-2-1-3-16(17)19/h1-6,11-12,20,24H,7-10,13H2,(H,27,28). The van der Waals surface area contributed by atoms with Crippen LogP contribution in [0.5, 0.6) is 0 Å². The lowest BCUT2D eigenvalue weighted by molar-refractivity contribution is -0.144. The Balaban J connectivity index is 1.47. The van der Waals surface area contributed by atoms with Crippen LogP contribution >= 0.6 is 23.2 Å². The normalized spacial score (nSPS) is 17.1. The van der Waals surface area contributed by atoms with Crippen molar-refractivity contribution in [3.63, 3.8) is 0 Å². The molecule has 28 heavy (non-hydrogen) atoms. The maximum Gasteiger partial charge on any atom is 0.325 e. The maximum atomic E-state index is 12.1. The highest BCUT2D eigenvalue weighted by Crippen LogP contribution is 2.30. The summed E-state index contributed by atoms with van der Waals surface area (Å²) in [6, 6.07) is 12.7. The predicted octanol–water partition coefficient (Wildman–Crippen LogP) is 4.42. The van der Waals surface area contributed by atoms with E-state index in [-0.39, 0.29) is 0 Å². The zero-order chi connectivity index (χ0) is 19.7. The Labute approximate surface area is 173 Å². The van der Waals surface area contributed by atoms with Crippen LogP contribution in [0.2, 0.25) is 10.0 Å². The fourth-order valence-corrected chi connectivity index (χ4v) is 4.34. The van der Waals surface area contributed by atoms with Gasteiger partial charge in [-0.05, 0) is 23.8 Å². The van der Waals surface area contributed by atoms with Gasteiger partial charge < -0.3 is 10.1 Å². The molecular formula is C21H21Cl2N3O2. The van der Waals surface area contributed by atoms with Crippen LogP contribution in [0, 0.1) is 0 Å². The van der Waals surface area contributed by atoms with Crippen LogP contribution in [-0.4, -0.2) is 52.0 Å². The predicted molar refractivity (Wildman–Crippen MR) is 112 cm³/mol. The minimum Gasteiger partial charge on any atom is -0.480 e. The molecule has 0 amide bonds. The van der Waals surface area contributed by atoms with Crippen LogP contribution in [-0.2, 0) is 11.3 Å². The van der Waals surface area contributed by atoms with Crippen molar-refractivity contribution in [2.75, 3.05) is 26.2 Å². The Morgan fingerprint density at radius 3 is 2.57 bits per heavy atom. The summed E-state index contributed by atoms with van der Waals surface area (Å²) in [6.07, 6.45) is 1.82. The largest absolute Gasteiger partial charge is 0.480 e. The molecule has 2 aromatic carbocycles. The summed E-state index contributed by atoms with van der Waals surface area (Å²) >= 11 is 12.3. The van der Waals surface area contributed by atoms with Crippen LogP contribution in [0.15, 0.2) is 48.7 Å². The number of aromatic nitrogens is 1. The van der Waals surface area contributed by atoms with Gasteiger partial charge in [0.25, 0.3) is 0 Å². The van der Waals surface area contributed by atoms with Crippen molar-refractivity contribution in [2.45, 2.75) is 12.6 Å². The van der Waals surface area contributed by atoms with Gasteiger partial charge in [-0.25, -0.2) is 0 Å². The van der Waals surface area contributed by atoms with Crippen molar-refractivity contribution < 1.29 is 9.90 Å². The third-order valence-corrected chi connectivity index (χ3v) is 5.92. The number of benzene rings is 2. The molecule has 1 fully saturated rings. The van der Waals surface area contributed by atoms with E-state index in [0.29, 0.717) is 23.1 Å². The first-order chi connectivity index (χ1) is 13.5. The van der Waals surface area contributed by atoms with Crippen LogP contribution in [0.4, 0.5) is 0 Å². The van der Waals surface area contributed by atoms with E-state index in [9.17, 15) is 9.90 Å². The third kappa shape index (κ3) is 3.89. The molecule has 1 unspecified atom stereocenters. The number of halogens is 2. The van der Waals surface area contributed by atoms with E-state index in [4.69, 9.17) is 23.2 Å². The fraction of sp³-hybridized carbons (Fsp3) is 0.286. The van der Waals surface area contributed by atoms with Gasteiger partial charge in [-0.3, -0.25) is 14.6 Å². The van der Waals surface area contributed by atoms with Crippen molar-refractivity contribution in [2.24, 2.45) is 0 Å². The van der Waals surface area contributed by atoms with E-state index in [1.54, 1.807) is 6.07 Å². The second-order valence-electron chi connectivity index (χ2n) is 7.08. The zero-order valence-electron chi connectivity index (χ0n) is 15.2. The molecule has 0 radical (unpaired) electrons.